The van der Waals surface area contributed by atoms with Gasteiger partial charge in [0, 0.05) is 31.3 Å². The lowest BCUT2D eigenvalue weighted by atomic mass is 9.99. The summed E-state index contributed by atoms with van der Waals surface area (Å²) in [6.45, 7) is 1.15. The number of hydrogen-bond donors (Lipinski definition) is 3. The smallest absolute Gasteiger partial charge is 0.303 e. The van der Waals surface area contributed by atoms with Gasteiger partial charge in [-0.2, -0.15) is 0 Å². The van der Waals surface area contributed by atoms with E-state index in [4.69, 9.17) is 10.2 Å². The largest absolute Gasteiger partial charge is 0.481 e. The molecule has 0 amide bonds. The number of rotatable bonds is 5. The van der Waals surface area contributed by atoms with Crippen LogP contribution in [0.4, 0.5) is 0 Å². The second kappa shape index (κ2) is 9.88. The summed E-state index contributed by atoms with van der Waals surface area (Å²) >= 11 is 0. The Morgan fingerprint density at radius 2 is 1.95 bits per heavy atom. The molecule has 0 spiro atoms. The Morgan fingerprint density at radius 1 is 1.24 bits per heavy atom. The van der Waals surface area contributed by atoms with Gasteiger partial charge in [-0.3, -0.25) is 14.6 Å². The SMILES string of the molecule is O=C(O)CCCC(=O)O.c1cncc(C2CCCCN2)c1. The van der Waals surface area contributed by atoms with Gasteiger partial charge >= 0.3 is 11.9 Å². The fraction of sp³-hybridized carbons (Fsp3) is 0.533. The first-order valence-electron chi connectivity index (χ1n) is 7.16. The van der Waals surface area contributed by atoms with Gasteiger partial charge in [-0.15, -0.1) is 0 Å². The minimum Gasteiger partial charge on any atom is -0.481 e. The highest BCUT2D eigenvalue weighted by molar-refractivity contribution is 5.69. The molecule has 1 aliphatic rings. The topological polar surface area (TPSA) is 99.5 Å². The molecule has 1 aliphatic heterocycles. The fourth-order valence-electron chi connectivity index (χ4n) is 2.11. The van der Waals surface area contributed by atoms with E-state index < -0.39 is 11.9 Å². The van der Waals surface area contributed by atoms with Crippen LogP contribution in [-0.4, -0.2) is 33.7 Å². The van der Waals surface area contributed by atoms with Gasteiger partial charge in [0.1, 0.15) is 0 Å². The highest BCUT2D eigenvalue weighted by Gasteiger charge is 2.13. The number of nitrogens with one attached hydrogen (secondary N) is 1. The maximum atomic E-state index is 9.79. The molecule has 1 fully saturated rings. The Hall–Kier alpha value is -1.95. The van der Waals surface area contributed by atoms with Gasteiger partial charge in [0.25, 0.3) is 0 Å². The molecule has 1 atom stereocenters. The Balaban J connectivity index is 0.000000222. The first kappa shape index (κ1) is 17.1. The van der Waals surface area contributed by atoms with Gasteiger partial charge in [-0.1, -0.05) is 12.5 Å². The molecule has 6 nitrogen and oxygen atoms in total. The van der Waals surface area contributed by atoms with E-state index in [-0.39, 0.29) is 19.3 Å². The van der Waals surface area contributed by atoms with Gasteiger partial charge < -0.3 is 15.5 Å². The molecule has 1 aromatic heterocycles. The average Bonchev–Trinajstić information content (AvgIpc) is 2.49. The molecule has 2 heterocycles. The zero-order valence-electron chi connectivity index (χ0n) is 12.0. The third kappa shape index (κ3) is 8.04. The van der Waals surface area contributed by atoms with Crippen LogP contribution in [0.5, 0.6) is 0 Å². The molecular formula is C15H22N2O4. The summed E-state index contributed by atoms with van der Waals surface area (Å²) in [5.41, 5.74) is 1.33. The average molecular weight is 294 g/mol. The first-order valence-corrected chi connectivity index (χ1v) is 7.16. The van der Waals surface area contributed by atoms with Crippen molar-refractivity contribution in [2.75, 3.05) is 6.54 Å². The first-order chi connectivity index (χ1) is 10.1. The Morgan fingerprint density at radius 3 is 2.43 bits per heavy atom. The maximum absolute atomic E-state index is 9.79. The molecule has 0 aliphatic carbocycles. The normalized spacial score (nSPS) is 17.4. The number of carboxylic acid groups (broad SMARTS) is 2. The Bertz CT molecular complexity index is 417. The molecule has 0 bridgehead atoms. The van der Waals surface area contributed by atoms with E-state index in [0.29, 0.717) is 6.04 Å². The van der Waals surface area contributed by atoms with E-state index in [1.54, 1.807) is 0 Å². The summed E-state index contributed by atoms with van der Waals surface area (Å²) in [5.74, 6) is -1.90. The predicted octanol–water partition coefficient (Wildman–Crippen LogP) is 2.22. The van der Waals surface area contributed by atoms with Crippen LogP contribution in [0.25, 0.3) is 0 Å². The number of carbonyl (C=O) groups is 2. The van der Waals surface area contributed by atoms with E-state index in [1.807, 2.05) is 18.5 Å². The van der Waals surface area contributed by atoms with Crippen LogP contribution in [0, 0.1) is 0 Å². The van der Waals surface area contributed by atoms with Crippen LogP contribution in [0.1, 0.15) is 50.1 Å². The lowest BCUT2D eigenvalue weighted by molar-refractivity contribution is -0.138. The number of nitrogens with zero attached hydrogens (tertiary/aromatic N) is 1. The molecule has 0 radical (unpaired) electrons. The van der Waals surface area contributed by atoms with Crippen molar-refractivity contribution < 1.29 is 19.8 Å². The highest BCUT2D eigenvalue weighted by Crippen LogP contribution is 2.21. The molecule has 2 rings (SSSR count). The highest BCUT2D eigenvalue weighted by atomic mass is 16.4. The van der Waals surface area contributed by atoms with E-state index in [0.717, 1.165) is 6.54 Å². The predicted molar refractivity (Wildman–Crippen MR) is 78.0 cm³/mol. The molecule has 0 saturated carbocycles. The molecule has 21 heavy (non-hydrogen) atoms. The summed E-state index contributed by atoms with van der Waals surface area (Å²) in [4.78, 5) is 23.7. The third-order valence-electron chi connectivity index (χ3n) is 3.18. The number of aromatic nitrogens is 1. The molecule has 3 N–H and O–H groups in total. The van der Waals surface area contributed by atoms with Crippen LogP contribution in [-0.2, 0) is 9.59 Å². The van der Waals surface area contributed by atoms with E-state index in [1.165, 1.54) is 24.8 Å². The van der Waals surface area contributed by atoms with Crippen LogP contribution in [0.15, 0.2) is 24.5 Å². The molecule has 116 valence electrons. The Kier molecular flexibility index (Phi) is 8.04. The monoisotopic (exact) mass is 294 g/mol. The van der Waals surface area contributed by atoms with Crippen molar-refractivity contribution in [3.8, 4) is 0 Å². The second-order valence-electron chi connectivity index (χ2n) is 4.93. The minimum atomic E-state index is -0.948. The van der Waals surface area contributed by atoms with Crippen LogP contribution >= 0.6 is 0 Å². The lowest BCUT2D eigenvalue weighted by Gasteiger charge is -2.23. The van der Waals surface area contributed by atoms with Gasteiger partial charge in [0.15, 0.2) is 0 Å². The molecule has 1 aromatic rings. The van der Waals surface area contributed by atoms with Gasteiger partial charge in [-0.05, 0) is 37.4 Å². The van der Waals surface area contributed by atoms with E-state index >= 15 is 0 Å². The van der Waals surface area contributed by atoms with E-state index in [9.17, 15) is 9.59 Å². The molecule has 6 heteroatoms. The third-order valence-corrected chi connectivity index (χ3v) is 3.18. The van der Waals surface area contributed by atoms with Crippen molar-refractivity contribution in [1.82, 2.24) is 10.3 Å². The van der Waals surface area contributed by atoms with Gasteiger partial charge in [-0.25, -0.2) is 0 Å². The number of hydrogen-bond acceptors (Lipinski definition) is 4. The lowest BCUT2D eigenvalue weighted by Crippen LogP contribution is -2.26. The molecular weight excluding hydrogens is 272 g/mol. The summed E-state index contributed by atoms with van der Waals surface area (Å²) in [6, 6.07) is 4.70. The van der Waals surface area contributed by atoms with Crippen molar-refractivity contribution in [1.29, 1.82) is 0 Å². The van der Waals surface area contributed by atoms with Crippen LogP contribution in [0.3, 0.4) is 0 Å². The van der Waals surface area contributed by atoms with Crippen molar-refractivity contribution in [2.24, 2.45) is 0 Å². The molecule has 1 saturated heterocycles. The van der Waals surface area contributed by atoms with Crippen molar-refractivity contribution in [3.63, 3.8) is 0 Å². The molecule has 1 unspecified atom stereocenters. The summed E-state index contributed by atoms with van der Waals surface area (Å²) in [5, 5.41) is 19.6. The zero-order chi connectivity index (χ0) is 15.5. The quantitative estimate of drug-likeness (QED) is 0.770. The number of aliphatic carboxylic acids is 2. The Labute approximate surface area is 124 Å². The van der Waals surface area contributed by atoms with Crippen molar-refractivity contribution in [3.05, 3.63) is 30.1 Å². The second-order valence-corrected chi connectivity index (χ2v) is 4.93. The standard InChI is InChI=1S/C10H14N2.C5H8O4/c1-2-7-12-10(5-1)9-4-3-6-11-8-9;6-4(7)2-1-3-5(8)9/h3-4,6,8,10,12H,1-2,5,7H2;1-3H2,(H,6,7)(H,8,9). The summed E-state index contributed by atoms with van der Waals surface area (Å²) in [7, 11) is 0. The van der Waals surface area contributed by atoms with Gasteiger partial charge in [0.05, 0.1) is 0 Å². The maximum Gasteiger partial charge on any atom is 0.303 e. The fourth-order valence-corrected chi connectivity index (χ4v) is 2.11. The number of pyridine rings is 1. The summed E-state index contributed by atoms with van der Waals surface area (Å²) in [6.07, 6.45) is 7.79. The van der Waals surface area contributed by atoms with Gasteiger partial charge in [0.2, 0.25) is 0 Å². The van der Waals surface area contributed by atoms with Crippen molar-refractivity contribution >= 4 is 11.9 Å². The molecule has 0 aromatic carbocycles. The number of piperidine rings is 1. The van der Waals surface area contributed by atoms with E-state index in [2.05, 4.69) is 16.4 Å². The van der Waals surface area contributed by atoms with Crippen LogP contribution in [0.2, 0.25) is 0 Å². The zero-order valence-corrected chi connectivity index (χ0v) is 12.0. The van der Waals surface area contributed by atoms with Crippen molar-refractivity contribution in [2.45, 2.75) is 44.6 Å². The number of carboxylic acids is 2. The minimum absolute atomic E-state index is 0.0632. The van der Waals surface area contributed by atoms with Crippen LogP contribution < -0.4 is 5.32 Å². The summed E-state index contributed by atoms with van der Waals surface area (Å²) < 4.78 is 0.